The van der Waals surface area contributed by atoms with Crippen molar-refractivity contribution in [1.29, 1.82) is 0 Å². The van der Waals surface area contributed by atoms with Crippen LogP contribution in [0.1, 0.15) is 31.1 Å². The van der Waals surface area contributed by atoms with Crippen LogP contribution in [0.4, 0.5) is 11.4 Å². The van der Waals surface area contributed by atoms with Crippen LogP contribution in [-0.2, 0) is 9.53 Å². The van der Waals surface area contributed by atoms with E-state index in [0.29, 0.717) is 28.4 Å². The minimum Gasteiger partial charge on any atom is -0.491 e. The molecule has 0 atom stereocenters. The van der Waals surface area contributed by atoms with Gasteiger partial charge in [-0.2, -0.15) is 0 Å². The van der Waals surface area contributed by atoms with Crippen LogP contribution in [-0.4, -0.2) is 25.1 Å². The molecule has 0 aliphatic rings. The van der Waals surface area contributed by atoms with Crippen molar-refractivity contribution in [2.45, 2.75) is 26.9 Å². The first-order valence-electron chi connectivity index (χ1n) is 9.91. The van der Waals surface area contributed by atoms with Gasteiger partial charge in [0.05, 0.1) is 24.5 Å². The first-order valence-corrected chi connectivity index (χ1v) is 9.91. The van der Waals surface area contributed by atoms with Gasteiger partial charge in [-0.15, -0.1) is 0 Å². The number of amides is 1. The van der Waals surface area contributed by atoms with Crippen LogP contribution in [0.3, 0.4) is 0 Å². The molecule has 0 bridgehead atoms. The van der Waals surface area contributed by atoms with E-state index >= 15 is 0 Å². The lowest BCUT2D eigenvalue weighted by molar-refractivity contribution is -0.115. The third-order valence-corrected chi connectivity index (χ3v) is 4.39. The molecule has 0 aliphatic heterocycles. The van der Waals surface area contributed by atoms with Gasteiger partial charge >= 0.3 is 5.97 Å². The summed E-state index contributed by atoms with van der Waals surface area (Å²) in [5.41, 5.74) is 1.37. The van der Waals surface area contributed by atoms with E-state index in [1.807, 2.05) is 38.1 Å². The molecule has 0 aliphatic carbocycles. The SMILES string of the molecule is COC(=O)c1ccccc1N(C(C)=O)c1ccc(Oc2ccc(OC(C)C)cc2)cc1. The average Bonchev–Trinajstić information content (AvgIpc) is 2.76. The van der Waals surface area contributed by atoms with Crippen molar-refractivity contribution >= 4 is 23.3 Å². The van der Waals surface area contributed by atoms with Gasteiger partial charge in [0.2, 0.25) is 5.91 Å². The molecule has 6 nitrogen and oxygen atoms in total. The Bertz CT molecular complexity index is 1040. The van der Waals surface area contributed by atoms with E-state index < -0.39 is 5.97 Å². The van der Waals surface area contributed by atoms with Gasteiger partial charge < -0.3 is 14.2 Å². The zero-order valence-corrected chi connectivity index (χ0v) is 18.0. The van der Waals surface area contributed by atoms with Gasteiger partial charge in [0.1, 0.15) is 17.2 Å². The third kappa shape index (κ3) is 5.42. The molecular formula is C25H25NO5. The number of hydrogen-bond donors (Lipinski definition) is 0. The number of carbonyl (C=O) groups is 2. The van der Waals surface area contributed by atoms with Crippen LogP contribution in [0.2, 0.25) is 0 Å². The minimum atomic E-state index is -0.508. The van der Waals surface area contributed by atoms with Crippen molar-refractivity contribution < 1.29 is 23.8 Å². The summed E-state index contributed by atoms with van der Waals surface area (Å²) in [7, 11) is 1.31. The first-order chi connectivity index (χ1) is 14.9. The van der Waals surface area contributed by atoms with Crippen molar-refractivity contribution in [3.8, 4) is 17.2 Å². The predicted molar refractivity (Wildman–Crippen MR) is 119 cm³/mol. The first kappa shape index (κ1) is 21.9. The Morgan fingerprint density at radius 3 is 1.90 bits per heavy atom. The number of benzene rings is 3. The Balaban J connectivity index is 1.82. The van der Waals surface area contributed by atoms with Crippen molar-refractivity contribution in [2.75, 3.05) is 12.0 Å². The molecule has 0 radical (unpaired) electrons. The van der Waals surface area contributed by atoms with Gasteiger partial charge in [-0.25, -0.2) is 4.79 Å². The fourth-order valence-electron chi connectivity index (χ4n) is 3.10. The van der Waals surface area contributed by atoms with E-state index in [1.54, 1.807) is 48.5 Å². The van der Waals surface area contributed by atoms with Crippen LogP contribution in [0, 0.1) is 0 Å². The second-order valence-electron chi connectivity index (χ2n) is 7.10. The van der Waals surface area contributed by atoms with Crippen LogP contribution in [0.25, 0.3) is 0 Å². The topological polar surface area (TPSA) is 65.1 Å². The van der Waals surface area contributed by atoms with E-state index in [-0.39, 0.29) is 12.0 Å². The highest BCUT2D eigenvalue weighted by Crippen LogP contribution is 2.32. The highest BCUT2D eigenvalue weighted by atomic mass is 16.5. The summed E-state index contributed by atoms with van der Waals surface area (Å²) < 4.78 is 16.4. The van der Waals surface area contributed by atoms with Crippen LogP contribution in [0.5, 0.6) is 17.2 Å². The van der Waals surface area contributed by atoms with Gasteiger partial charge in [-0.3, -0.25) is 9.69 Å². The normalized spacial score (nSPS) is 10.5. The molecule has 3 aromatic rings. The maximum absolute atomic E-state index is 12.4. The fraction of sp³-hybridized carbons (Fsp3) is 0.200. The number of nitrogens with zero attached hydrogens (tertiary/aromatic N) is 1. The number of para-hydroxylation sites is 1. The number of carbonyl (C=O) groups excluding carboxylic acids is 2. The maximum atomic E-state index is 12.4. The van der Waals surface area contributed by atoms with Crippen LogP contribution < -0.4 is 14.4 Å². The summed E-state index contributed by atoms with van der Waals surface area (Å²) >= 11 is 0. The monoisotopic (exact) mass is 419 g/mol. The lowest BCUT2D eigenvalue weighted by Gasteiger charge is -2.23. The molecular weight excluding hydrogens is 394 g/mol. The van der Waals surface area contributed by atoms with Gasteiger partial charge in [-0.05, 0) is 74.5 Å². The van der Waals surface area contributed by atoms with Crippen LogP contribution >= 0.6 is 0 Å². The summed E-state index contributed by atoms with van der Waals surface area (Å²) in [4.78, 5) is 26.0. The van der Waals surface area contributed by atoms with Gasteiger partial charge in [0, 0.05) is 12.6 Å². The van der Waals surface area contributed by atoms with E-state index in [2.05, 4.69) is 0 Å². The summed E-state index contributed by atoms with van der Waals surface area (Å²) in [6.07, 6.45) is 0.104. The Morgan fingerprint density at radius 1 is 0.806 bits per heavy atom. The molecule has 0 fully saturated rings. The zero-order valence-electron chi connectivity index (χ0n) is 18.0. The zero-order chi connectivity index (χ0) is 22.4. The molecule has 3 rings (SSSR count). The molecule has 3 aromatic carbocycles. The highest BCUT2D eigenvalue weighted by Gasteiger charge is 2.21. The second kappa shape index (κ2) is 9.80. The van der Waals surface area contributed by atoms with Gasteiger partial charge in [-0.1, -0.05) is 12.1 Å². The molecule has 0 spiro atoms. The molecule has 0 N–H and O–H groups in total. The molecule has 0 heterocycles. The smallest absolute Gasteiger partial charge is 0.339 e. The van der Waals surface area contributed by atoms with Crippen molar-refractivity contribution in [1.82, 2.24) is 0 Å². The predicted octanol–water partition coefficient (Wildman–Crippen LogP) is 5.74. The number of ether oxygens (including phenoxy) is 3. The minimum absolute atomic E-state index is 0.104. The summed E-state index contributed by atoms with van der Waals surface area (Å²) in [5.74, 6) is 1.32. The quantitative estimate of drug-likeness (QED) is 0.457. The van der Waals surface area contributed by atoms with E-state index in [1.165, 1.54) is 18.9 Å². The number of esters is 1. The number of hydrogen-bond acceptors (Lipinski definition) is 5. The Morgan fingerprint density at radius 2 is 1.35 bits per heavy atom. The Labute approximate surface area is 182 Å². The van der Waals surface area contributed by atoms with E-state index in [0.717, 1.165) is 5.75 Å². The summed E-state index contributed by atoms with van der Waals surface area (Å²) in [6.45, 7) is 5.39. The van der Waals surface area contributed by atoms with Gasteiger partial charge in [0.15, 0.2) is 0 Å². The fourth-order valence-corrected chi connectivity index (χ4v) is 3.10. The lowest BCUT2D eigenvalue weighted by Crippen LogP contribution is -2.25. The Kier molecular flexibility index (Phi) is 6.92. The highest BCUT2D eigenvalue weighted by molar-refractivity contribution is 6.06. The third-order valence-electron chi connectivity index (χ3n) is 4.39. The maximum Gasteiger partial charge on any atom is 0.339 e. The molecule has 0 saturated carbocycles. The number of methoxy groups -OCH3 is 1. The number of rotatable bonds is 7. The van der Waals surface area contributed by atoms with Crippen LogP contribution in [0.15, 0.2) is 72.8 Å². The molecule has 0 unspecified atom stereocenters. The molecule has 160 valence electrons. The summed E-state index contributed by atoms with van der Waals surface area (Å²) in [5, 5.41) is 0. The Hall–Kier alpha value is -3.80. The average molecular weight is 419 g/mol. The van der Waals surface area contributed by atoms with E-state index in [9.17, 15) is 9.59 Å². The molecule has 1 amide bonds. The molecule has 0 saturated heterocycles. The summed E-state index contributed by atoms with van der Waals surface area (Å²) in [6, 6.07) is 21.3. The number of anilines is 2. The second-order valence-corrected chi connectivity index (χ2v) is 7.10. The molecule has 0 aromatic heterocycles. The molecule has 31 heavy (non-hydrogen) atoms. The largest absolute Gasteiger partial charge is 0.491 e. The van der Waals surface area contributed by atoms with Gasteiger partial charge in [0.25, 0.3) is 0 Å². The van der Waals surface area contributed by atoms with Crippen molar-refractivity contribution in [3.63, 3.8) is 0 Å². The standard InChI is InChI=1S/C25H25NO5/c1-17(2)30-20-13-15-22(16-14-20)31-21-11-9-19(10-12-21)26(18(3)27)24-8-6-5-7-23(24)25(28)29-4/h5-17H,1-4H3. The van der Waals surface area contributed by atoms with Crippen molar-refractivity contribution in [2.24, 2.45) is 0 Å². The lowest BCUT2D eigenvalue weighted by atomic mass is 10.1. The van der Waals surface area contributed by atoms with Crippen molar-refractivity contribution in [3.05, 3.63) is 78.4 Å². The molecule has 6 heteroatoms. The van der Waals surface area contributed by atoms with E-state index in [4.69, 9.17) is 14.2 Å².